The van der Waals surface area contributed by atoms with Crippen molar-refractivity contribution in [1.82, 2.24) is 5.32 Å². The first kappa shape index (κ1) is 16.8. The van der Waals surface area contributed by atoms with Gasteiger partial charge in [-0.25, -0.2) is 0 Å². The highest BCUT2D eigenvalue weighted by molar-refractivity contribution is 6.46. The molecular formula is C16H25BClNO2. The molecule has 0 aromatic heterocycles. The number of rotatable bonds is 3. The summed E-state index contributed by atoms with van der Waals surface area (Å²) in [6.07, 6.45) is 0.914. The summed E-state index contributed by atoms with van der Waals surface area (Å²) in [5.41, 5.74) is 1.05. The Morgan fingerprint density at radius 2 is 1.52 bits per heavy atom. The molecule has 0 bridgehead atoms. The Labute approximate surface area is 134 Å². The molecule has 0 radical (unpaired) electrons. The van der Waals surface area contributed by atoms with Crippen LogP contribution in [-0.4, -0.2) is 31.4 Å². The molecule has 2 saturated heterocycles. The highest BCUT2D eigenvalue weighted by atomic mass is 35.5. The standard InChI is InChI=1S/C16H24BNO2.ClH/c1-14(2)15(3,4)20-17(19-14)10-16(11-18-12-16)13-8-6-5-7-9-13;/h5-9,18H,10-12H2,1-4H3;1H. The average Bonchev–Trinajstić information content (AvgIpc) is 2.53. The van der Waals surface area contributed by atoms with Crippen LogP contribution in [0.5, 0.6) is 0 Å². The number of hydrogen-bond acceptors (Lipinski definition) is 3. The van der Waals surface area contributed by atoms with Crippen LogP contribution in [0.15, 0.2) is 30.3 Å². The molecular weight excluding hydrogens is 284 g/mol. The third-order valence-electron chi connectivity index (χ3n) is 5.17. The van der Waals surface area contributed by atoms with Gasteiger partial charge in [0.2, 0.25) is 0 Å². The SMILES string of the molecule is CC1(C)OB(CC2(c3ccccc3)CNC2)OC1(C)C.Cl. The van der Waals surface area contributed by atoms with Gasteiger partial charge in [-0.3, -0.25) is 0 Å². The van der Waals surface area contributed by atoms with E-state index in [1.54, 1.807) is 0 Å². The van der Waals surface area contributed by atoms with Gasteiger partial charge in [-0.2, -0.15) is 0 Å². The van der Waals surface area contributed by atoms with Crippen LogP contribution < -0.4 is 5.32 Å². The summed E-state index contributed by atoms with van der Waals surface area (Å²) in [5.74, 6) is 0. The van der Waals surface area contributed by atoms with Crippen LogP contribution in [-0.2, 0) is 14.7 Å². The van der Waals surface area contributed by atoms with E-state index >= 15 is 0 Å². The Morgan fingerprint density at radius 3 is 1.95 bits per heavy atom. The Balaban J connectivity index is 0.00000161. The Hall–Kier alpha value is -0.545. The number of hydrogen-bond donors (Lipinski definition) is 1. The summed E-state index contributed by atoms with van der Waals surface area (Å²) < 4.78 is 12.3. The highest BCUT2D eigenvalue weighted by Gasteiger charge is 2.54. The largest absolute Gasteiger partial charge is 0.458 e. The van der Waals surface area contributed by atoms with Crippen LogP contribution in [0.3, 0.4) is 0 Å². The van der Waals surface area contributed by atoms with Gasteiger partial charge in [0.05, 0.1) is 11.2 Å². The van der Waals surface area contributed by atoms with Gasteiger partial charge in [0.25, 0.3) is 0 Å². The highest BCUT2D eigenvalue weighted by Crippen LogP contribution is 2.42. The average molecular weight is 310 g/mol. The lowest BCUT2D eigenvalue weighted by atomic mass is 9.61. The van der Waals surface area contributed by atoms with Crippen molar-refractivity contribution >= 4 is 19.5 Å². The Bertz CT molecular complexity index is 472. The van der Waals surface area contributed by atoms with Gasteiger partial charge in [0.1, 0.15) is 0 Å². The summed E-state index contributed by atoms with van der Waals surface area (Å²) >= 11 is 0. The molecule has 0 aliphatic carbocycles. The second-order valence-electron chi connectivity index (χ2n) is 7.14. The third kappa shape index (κ3) is 2.87. The summed E-state index contributed by atoms with van der Waals surface area (Å²) in [4.78, 5) is 0. The molecule has 0 spiro atoms. The van der Waals surface area contributed by atoms with E-state index < -0.39 is 0 Å². The van der Waals surface area contributed by atoms with Crippen molar-refractivity contribution in [1.29, 1.82) is 0 Å². The summed E-state index contributed by atoms with van der Waals surface area (Å²) in [6.45, 7) is 10.5. The second kappa shape index (κ2) is 5.58. The molecule has 3 nitrogen and oxygen atoms in total. The van der Waals surface area contributed by atoms with Gasteiger partial charge in [-0.1, -0.05) is 30.3 Å². The number of nitrogens with one attached hydrogen (secondary N) is 1. The minimum Gasteiger partial charge on any atom is -0.403 e. The monoisotopic (exact) mass is 309 g/mol. The first-order chi connectivity index (χ1) is 9.35. The minimum absolute atomic E-state index is 0. The van der Waals surface area contributed by atoms with Crippen LogP contribution in [0.1, 0.15) is 33.3 Å². The topological polar surface area (TPSA) is 30.5 Å². The van der Waals surface area contributed by atoms with E-state index in [1.165, 1.54) is 5.56 Å². The van der Waals surface area contributed by atoms with Crippen molar-refractivity contribution < 1.29 is 9.31 Å². The lowest BCUT2D eigenvalue weighted by molar-refractivity contribution is 0.00578. The zero-order chi connectivity index (χ0) is 14.4. The van der Waals surface area contributed by atoms with Crippen molar-refractivity contribution in [3.63, 3.8) is 0 Å². The van der Waals surface area contributed by atoms with Gasteiger partial charge in [0.15, 0.2) is 0 Å². The minimum atomic E-state index is -0.243. The molecule has 116 valence electrons. The summed E-state index contributed by atoms with van der Waals surface area (Å²) in [7, 11) is -0.123. The molecule has 21 heavy (non-hydrogen) atoms. The van der Waals surface area contributed by atoms with Crippen LogP contribution >= 0.6 is 12.4 Å². The van der Waals surface area contributed by atoms with E-state index in [0.29, 0.717) is 0 Å². The zero-order valence-electron chi connectivity index (χ0n) is 13.3. The van der Waals surface area contributed by atoms with Crippen LogP contribution in [0.25, 0.3) is 0 Å². The van der Waals surface area contributed by atoms with Crippen LogP contribution in [0.4, 0.5) is 0 Å². The van der Waals surface area contributed by atoms with Crippen molar-refractivity contribution in [2.24, 2.45) is 0 Å². The Kier molecular flexibility index (Phi) is 4.47. The molecule has 1 aromatic carbocycles. The fraction of sp³-hybridized carbons (Fsp3) is 0.625. The zero-order valence-corrected chi connectivity index (χ0v) is 14.1. The second-order valence-corrected chi connectivity index (χ2v) is 7.14. The molecule has 2 aliphatic rings. The van der Waals surface area contributed by atoms with E-state index in [9.17, 15) is 0 Å². The van der Waals surface area contributed by atoms with E-state index in [1.807, 2.05) is 0 Å². The predicted molar refractivity (Wildman–Crippen MR) is 89.1 cm³/mol. The molecule has 0 atom stereocenters. The van der Waals surface area contributed by atoms with Gasteiger partial charge >= 0.3 is 7.12 Å². The van der Waals surface area contributed by atoms with E-state index in [4.69, 9.17) is 9.31 Å². The van der Waals surface area contributed by atoms with E-state index in [0.717, 1.165) is 19.4 Å². The van der Waals surface area contributed by atoms with Crippen molar-refractivity contribution in [2.75, 3.05) is 13.1 Å². The number of benzene rings is 1. The quantitative estimate of drug-likeness (QED) is 0.871. The lowest BCUT2D eigenvalue weighted by Crippen LogP contribution is -2.58. The first-order valence-corrected chi connectivity index (χ1v) is 7.47. The third-order valence-corrected chi connectivity index (χ3v) is 5.17. The fourth-order valence-corrected chi connectivity index (χ4v) is 3.05. The maximum Gasteiger partial charge on any atom is 0.458 e. The first-order valence-electron chi connectivity index (χ1n) is 7.47. The van der Waals surface area contributed by atoms with Crippen molar-refractivity contribution in [2.45, 2.75) is 50.6 Å². The van der Waals surface area contributed by atoms with Crippen LogP contribution in [0.2, 0.25) is 6.32 Å². The van der Waals surface area contributed by atoms with Gasteiger partial charge < -0.3 is 14.6 Å². The molecule has 2 heterocycles. The van der Waals surface area contributed by atoms with Crippen molar-refractivity contribution in [3.8, 4) is 0 Å². The molecule has 5 heteroatoms. The molecule has 0 amide bonds. The van der Waals surface area contributed by atoms with Gasteiger partial charge in [-0.15, -0.1) is 12.4 Å². The molecule has 3 rings (SSSR count). The Morgan fingerprint density at radius 1 is 1.00 bits per heavy atom. The normalized spacial score (nSPS) is 25.0. The maximum atomic E-state index is 6.17. The lowest BCUT2D eigenvalue weighted by Gasteiger charge is -2.43. The fourth-order valence-electron chi connectivity index (χ4n) is 3.05. The van der Waals surface area contributed by atoms with Gasteiger partial charge in [-0.05, 0) is 39.6 Å². The summed E-state index contributed by atoms with van der Waals surface area (Å²) in [6, 6.07) is 10.7. The maximum absolute atomic E-state index is 6.17. The predicted octanol–water partition coefficient (Wildman–Crippen LogP) is 3.04. The molecule has 1 N–H and O–H groups in total. The molecule has 2 fully saturated rings. The molecule has 0 unspecified atom stereocenters. The summed E-state index contributed by atoms with van der Waals surface area (Å²) in [5, 5.41) is 3.40. The molecule has 1 aromatic rings. The number of halogens is 1. The van der Waals surface area contributed by atoms with E-state index in [2.05, 4.69) is 63.3 Å². The van der Waals surface area contributed by atoms with Crippen LogP contribution in [0, 0.1) is 0 Å². The van der Waals surface area contributed by atoms with E-state index in [-0.39, 0.29) is 36.1 Å². The molecule has 0 saturated carbocycles. The molecule has 2 aliphatic heterocycles. The van der Waals surface area contributed by atoms with Gasteiger partial charge in [0, 0.05) is 18.5 Å². The smallest absolute Gasteiger partial charge is 0.403 e. The van der Waals surface area contributed by atoms with Crippen molar-refractivity contribution in [3.05, 3.63) is 35.9 Å².